The Morgan fingerprint density at radius 1 is 1.24 bits per heavy atom. The fraction of sp³-hybridized carbons (Fsp3) is 0.750. The molecule has 0 bridgehead atoms. The second-order valence-corrected chi connectivity index (χ2v) is 10.3. The Balaban J connectivity index is 2.12. The highest BCUT2D eigenvalue weighted by Crippen LogP contribution is 2.41. The molecule has 0 N–H and O–H groups in total. The van der Waals surface area contributed by atoms with Gasteiger partial charge in [0, 0.05) is 23.8 Å². The van der Waals surface area contributed by atoms with Crippen molar-refractivity contribution in [3.63, 3.8) is 0 Å². The van der Waals surface area contributed by atoms with Crippen molar-refractivity contribution in [1.29, 1.82) is 0 Å². The van der Waals surface area contributed by atoms with Crippen molar-refractivity contribution in [2.24, 2.45) is 0 Å². The number of halogens is 1. The molecule has 2 aliphatic heterocycles. The summed E-state index contributed by atoms with van der Waals surface area (Å²) in [5.41, 5.74) is 0. The molecular weight excluding hydrogens is 306 g/mol. The third-order valence-electron chi connectivity index (χ3n) is 2.72. The van der Waals surface area contributed by atoms with E-state index in [1.807, 2.05) is 0 Å². The maximum Gasteiger partial charge on any atom is 0.267 e. The van der Waals surface area contributed by atoms with Gasteiger partial charge in [-0.25, -0.2) is 21.1 Å². The Morgan fingerprint density at radius 3 is 2.29 bits per heavy atom. The van der Waals surface area contributed by atoms with Crippen molar-refractivity contribution >= 4 is 41.5 Å². The zero-order valence-electron chi connectivity index (χ0n) is 8.87. The molecule has 2 aliphatic rings. The SMILES string of the molecule is O=S(=O)(Cl)C1=CCC(S(=O)(=O)N2CCCC2)S1. The van der Waals surface area contributed by atoms with Gasteiger partial charge in [0.05, 0.1) is 0 Å². The lowest BCUT2D eigenvalue weighted by Gasteiger charge is -2.19. The molecule has 1 saturated heterocycles. The summed E-state index contributed by atoms with van der Waals surface area (Å²) in [6, 6.07) is 0. The fourth-order valence-electron chi connectivity index (χ4n) is 1.87. The van der Waals surface area contributed by atoms with E-state index in [1.54, 1.807) is 0 Å². The molecule has 9 heteroatoms. The summed E-state index contributed by atoms with van der Waals surface area (Å²) in [4.78, 5) is 0. The van der Waals surface area contributed by atoms with Crippen LogP contribution in [0.4, 0.5) is 0 Å². The van der Waals surface area contributed by atoms with Gasteiger partial charge >= 0.3 is 0 Å². The summed E-state index contributed by atoms with van der Waals surface area (Å²) in [6.45, 7) is 1.06. The van der Waals surface area contributed by atoms with Crippen LogP contribution in [0, 0.1) is 0 Å². The maximum atomic E-state index is 12.1. The Hall–Kier alpha value is 0.240. The highest BCUT2D eigenvalue weighted by atomic mass is 35.7. The van der Waals surface area contributed by atoms with Crippen LogP contribution in [0.1, 0.15) is 19.3 Å². The Bertz CT molecular complexity index is 533. The topological polar surface area (TPSA) is 71.5 Å². The molecule has 17 heavy (non-hydrogen) atoms. The normalized spacial score (nSPS) is 27.4. The van der Waals surface area contributed by atoms with Crippen molar-refractivity contribution in [1.82, 2.24) is 4.31 Å². The van der Waals surface area contributed by atoms with Crippen LogP contribution >= 0.6 is 22.4 Å². The van der Waals surface area contributed by atoms with Gasteiger partial charge in [0.15, 0.2) is 0 Å². The number of sulfonamides is 1. The van der Waals surface area contributed by atoms with Gasteiger partial charge in [-0.05, 0) is 19.3 Å². The quantitative estimate of drug-likeness (QED) is 0.733. The largest absolute Gasteiger partial charge is 0.267 e. The van der Waals surface area contributed by atoms with Crippen LogP contribution in [0.3, 0.4) is 0 Å². The predicted octanol–water partition coefficient (Wildman–Crippen LogP) is 1.29. The standard InChI is InChI=1S/C8H12ClNO4S3/c9-16(11,12)7-3-4-8(15-7)17(13,14)10-5-1-2-6-10/h3,8H,1-2,4-6H2. The molecule has 1 unspecified atom stereocenters. The van der Waals surface area contributed by atoms with E-state index in [0.717, 1.165) is 24.6 Å². The van der Waals surface area contributed by atoms with Gasteiger partial charge in [0.25, 0.3) is 9.05 Å². The van der Waals surface area contributed by atoms with Gasteiger partial charge in [-0.3, -0.25) is 0 Å². The lowest BCUT2D eigenvalue weighted by atomic mass is 10.4. The van der Waals surface area contributed by atoms with Gasteiger partial charge < -0.3 is 0 Å². The molecule has 5 nitrogen and oxygen atoms in total. The lowest BCUT2D eigenvalue weighted by molar-refractivity contribution is 0.475. The smallest absolute Gasteiger partial charge is 0.211 e. The average Bonchev–Trinajstić information content (AvgIpc) is 2.89. The van der Waals surface area contributed by atoms with E-state index in [4.69, 9.17) is 10.7 Å². The van der Waals surface area contributed by atoms with Gasteiger partial charge in [0.2, 0.25) is 10.0 Å². The minimum Gasteiger partial charge on any atom is -0.211 e. The second kappa shape index (κ2) is 4.73. The third-order valence-corrected chi connectivity index (χ3v) is 8.90. The zero-order chi connectivity index (χ0) is 12.7. The van der Waals surface area contributed by atoms with Gasteiger partial charge in [0.1, 0.15) is 8.82 Å². The van der Waals surface area contributed by atoms with E-state index < -0.39 is 23.7 Å². The van der Waals surface area contributed by atoms with Crippen LogP contribution in [0.25, 0.3) is 0 Å². The summed E-state index contributed by atoms with van der Waals surface area (Å²) >= 11 is 0.823. The molecule has 0 amide bonds. The number of rotatable bonds is 3. The Kier molecular flexibility index (Phi) is 3.80. The first kappa shape index (κ1) is 13.7. The summed E-state index contributed by atoms with van der Waals surface area (Å²) in [5, 5.41) is 0. The van der Waals surface area contributed by atoms with E-state index >= 15 is 0 Å². The highest BCUT2D eigenvalue weighted by molar-refractivity contribution is 8.31. The van der Waals surface area contributed by atoms with Gasteiger partial charge in [-0.15, -0.1) is 0 Å². The van der Waals surface area contributed by atoms with Crippen molar-refractivity contribution in [2.45, 2.75) is 23.8 Å². The molecule has 0 aromatic rings. The first-order chi connectivity index (χ1) is 7.82. The number of thioether (sulfide) groups is 1. The average molecular weight is 318 g/mol. The lowest BCUT2D eigenvalue weighted by Crippen LogP contribution is -2.34. The fourth-order valence-corrected chi connectivity index (χ4v) is 6.91. The molecule has 98 valence electrons. The first-order valence-electron chi connectivity index (χ1n) is 5.12. The number of hydrogen-bond donors (Lipinski definition) is 0. The van der Waals surface area contributed by atoms with Crippen LogP contribution in [0.2, 0.25) is 0 Å². The van der Waals surface area contributed by atoms with E-state index in [2.05, 4.69) is 0 Å². The van der Waals surface area contributed by atoms with Gasteiger partial charge in [-0.1, -0.05) is 17.8 Å². The van der Waals surface area contributed by atoms with E-state index in [0.29, 0.717) is 13.1 Å². The van der Waals surface area contributed by atoms with Crippen LogP contribution in [0.5, 0.6) is 0 Å². The van der Waals surface area contributed by atoms with Gasteiger partial charge in [-0.2, -0.15) is 0 Å². The molecule has 0 spiro atoms. The molecular formula is C8H12ClNO4S3. The molecule has 0 aromatic carbocycles. The summed E-state index contributed by atoms with van der Waals surface area (Å²) in [7, 11) is -2.03. The predicted molar refractivity (Wildman–Crippen MR) is 68.6 cm³/mol. The molecule has 0 aliphatic carbocycles. The molecule has 2 rings (SSSR count). The van der Waals surface area contributed by atoms with Crippen LogP contribution < -0.4 is 0 Å². The van der Waals surface area contributed by atoms with Crippen molar-refractivity contribution in [3.05, 3.63) is 10.3 Å². The summed E-state index contributed by atoms with van der Waals surface area (Å²) in [5.74, 6) is 0. The van der Waals surface area contributed by atoms with Crippen LogP contribution in [-0.2, 0) is 19.1 Å². The molecule has 0 radical (unpaired) electrons. The number of nitrogens with zero attached hydrogens (tertiary/aromatic N) is 1. The number of hydrogen-bond acceptors (Lipinski definition) is 5. The Labute approximate surface area is 110 Å². The summed E-state index contributed by atoms with van der Waals surface area (Å²) < 4.78 is 47.1. The first-order valence-corrected chi connectivity index (χ1v) is 9.81. The van der Waals surface area contributed by atoms with E-state index in [9.17, 15) is 16.8 Å². The van der Waals surface area contributed by atoms with Crippen molar-refractivity contribution in [2.75, 3.05) is 13.1 Å². The minimum absolute atomic E-state index is 0.0491. The molecule has 0 saturated carbocycles. The van der Waals surface area contributed by atoms with Crippen LogP contribution in [-0.4, -0.2) is 38.8 Å². The maximum absolute atomic E-state index is 12.1. The second-order valence-electron chi connectivity index (χ2n) is 3.90. The van der Waals surface area contributed by atoms with E-state index in [-0.39, 0.29) is 10.7 Å². The molecule has 2 heterocycles. The molecule has 0 aromatic heterocycles. The zero-order valence-corrected chi connectivity index (χ0v) is 12.1. The monoisotopic (exact) mass is 317 g/mol. The Morgan fingerprint density at radius 2 is 1.82 bits per heavy atom. The minimum atomic E-state index is -3.81. The molecule has 1 fully saturated rings. The van der Waals surface area contributed by atoms with E-state index in [1.165, 1.54) is 10.4 Å². The van der Waals surface area contributed by atoms with Crippen molar-refractivity contribution in [3.8, 4) is 0 Å². The highest BCUT2D eigenvalue weighted by Gasteiger charge is 2.39. The summed E-state index contributed by atoms with van der Waals surface area (Å²) in [6.07, 6.45) is 3.31. The van der Waals surface area contributed by atoms with Crippen LogP contribution in [0.15, 0.2) is 10.3 Å². The third kappa shape index (κ3) is 2.81. The van der Waals surface area contributed by atoms with Crippen molar-refractivity contribution < 1.29 is 16.8 Å². The number of allylic oxidation sites excluding steroid dienone is 1. The molecule has 1 atom stereocenters.